The van der Waals surface area contributed by atoms with Gasteiger partial charge in [0, 0.05) is 24.0 Å². The van der Waals surface area contributed by atoms with Crippen LogP contribution in [0.3, 0.4) is 0 Å². The molecule has 0 aliphatic heterocycles. The molecule has 0 atom stereocenters. The Kier molecular flexibility index (Phi) is 6.19. The van der Waals surface area contributed by atoms with Gasteiger partial charge in [-0.1, -0.05) is 22.0 Å². The van der Waals surface area contributed by atoms with Gasteiger partial charge in [0.2, 0.25) is 5.91 Å². The van der Waals surface area contributed by atoms with Crippen LogP contribution < -0.4 is 4.90 Å². The van der Waals surface area contributed by atoms with Crippen LogP contribution in [-0.2, 0) is 4.79 Å². The SMILES string of the molecule is CCN(C(=O)CCCCBr)c1cccc(F)c1. The standard InChI is InChI=1S/C13H17BrFNO/c1-2-16(13(17)8-3-4-9-14)12-7-5-6-11(15)10-12/h5-7,10H,2-4,8-9H2,1H3. The third-order valence-corrected chi connectivity index (χ3v) is 3.07. The van der Waals surface area contributed by atoms with E-state index in [-0.39, 0.29) is 11.7 Å². The van der Waals surface area contributed by atoms with Crippen molar-refractivity contribution in [1.82, 2.24) is 0 Å². The molecule has 1 aromatic carbocycles. The fourth-order valence-corrected chi connectivity index (χ4v) is 2.05. The first-order valence-corrected chi connectivity index (χ1v) is 6.93. The number of unbranched alkanes of at least 4 members (excludes halogenated alkanes) is 1. The van der Waals surface area contributed by atoms with Crippen molar-refractivity contribution in [3.63, 3.8) is 0 Å². The van der Waals surface area contributed by atoms with Crippen LogP contribution >= 0.6 is 15.9 Å². The van der Waals surface area contributed by atoms with E-state index in [1.54, 1.807) is 17.0 Å². The molecule has 1 aromatic rings. The lowest BCUT2D eigenvalue weighted by atomic mass is 10.2. The van der Waals surface area contributed by atoms with Crippen molar-refractivity contribution in [3.8, 4) is 0 Å². The molecule has 2 nitrogen and oxygen atoms in total. The lowest BCUT2D eigenvalue weighted by Crippen LogP contribution is -2.30. The first kappa shape index (κ1) is 14.2. The Balaban J connectivity index is 2.67. The third-order valence-electron chi connectivity index (χ3n) is 2.51. The molecule has 0 unspecified atom stereocenters. The molecule has 0 saturated carbocycles. The highest BCUT2D eigenvalue weighted by atomic mass is 79.9. The molecule has 0 N–H and O–H groups in total. The number of alkyl halides is 1. The third kappa shape index (κ3) is 4.46. The van der Waals surface area contributed by atoms with E-state index in [1.807, 2.05) is 6.92 Å². The zero-order valence-corrected chi connectivity index (χ0v) is 11.5. The molecule has 0 heterocycles. The van der Waals surface area contributed by atoms with E-state index < -0.39 is 0 Å². The molecule has 0 radical (unpaired) electrons. The molecule has 0 aliphatic rings. The van der Waals surface area contributed by atoms with Crippen LogP contribution in [0, 0.1) is 5.82 Å². The minimum atomic E-state index is -0.311. The van der Waals surface area contributed by atoms with Gasteiger partial charge in [0.25, 0.3) is 0 Å². The van der Waals surface area contributed by atoms with Gasteiger partial charge >= 0.3 is 0 Å². The average Bonchev–Trinajstić information content (AvgIpc) is 2.30. The number of anilines is 1. The summed E-state index contributed by atoms with van der Waals surface area (Å²) in [7, 11) is 0. The van der Waals surface area contributed by atoms with Crippen molar-refractivity contribution >= 4 is 27.5 Å². The number of nitrogens with zero attached hydrogens (tertiary/aromatic N) is 1. The van der Waals surface area contributed by atoms with Crippen molar-refractivity contribution in [1.29, 1.82) is 0 Å². The van der Waals surface area contributed by atoms with Gasteiger partial charge in [-0.15, -0.1) is 0 Å². The maximum atomic E-state index is 13.1. The maximum absolute atomic E-state index is 13.1. The smallest absolute Gasteiger partial charge is 0.226 e. The first-order chi connectivity index (χ1) is 8.19. The Hall–Kier alpha value is -0.900. The summed E-state index contributed by atoms with van der Waals surface area (Å²) in [5.74, 6) is -0.256. The Morgan fingerprint density at radius 1 is 1.41 bits per heavy atom. The van der Waals surface area contributed by atoms with Gasteiger partial charge in [-0.2, -0.15) is 0 Å². The van der Waals surface area contributed by atoms with E-state index in [9.17, 15) is 9.18 Å². The number of rotatable bonds is 6. The number of halogens is 2. The second kappa shape index (κ2) is 7.43. The first-order valence-electron chi connectivity index (χ1n) is 5.81. The number of hydrogen-bond donors (Lipinski definition) is 0. The Labute approximate surface area is 110 Å². The van der Waals surface area contributed by atoms with Crippen molar-refractivity contribution in [3.05, 3.63) is 30.1 Å². The van der Waals surface area contributed by atoms with Crippen LogP contribution in [0.5, 0.6) is 0 Å². The van der Waals surface area contributed by atoms with Crippen molar-refractivity contribution in [2.75, 3.05) is 16.8 Å². The summed E-state index contributed by atoms with van der Waals surface area (Å²) in [6.07, 6.45) is 2.35. The summed E-state index contributed by atoms with van der Waals surface area (Å²) >= 11 is 3.33. The number of benzene rings is 1. The normalized spacial score (nSPS) is 10.3. The van der Waals surface area contributed by atoms with Crippen LogP contribution in [0.2, 0.25) is 0 Å². The molecule has 0 spiro atoms. The minimum absolute atomic E-state index is 0.0547. The highest BCUT2D eigenvalue weighted by Gasteiger charge is 2.13. The zero-order valence-electron chi connectivity index (χ0n) is 9.96. The number of carbonyl (C=O) groups is 1. The van der Waals surface area contributed by atoms with E-state index in [1.165, 1.54) is 12.1 Å². The molecular weight excluding hydrogens is 285 g/mol. The molecule has 1 amide bonds. The Bertz CT molecular complexity index is 370. The highest BCUT2D eigenvalue weighted by Crippen LogP contribution is 2.17. The lowest BCUT2D eigenvalue weighted by Gasteiger charge is -2.21. The maximum Gasteiger partial charge on any atom is 0.226 e. The summed E-state index contributed by atoms with van der Waals surface area (Å²) in [6.45, 7) is 2.46. The van der Waals surface area contributed by atoms with Gasteiger partial charge in [0.15, 0.2) is 0 Å². The summed E-state index contributed by atoms with van der Waals surface area (Å²) in [5, 5.41) is 0.909. The van der Waals surface area contributed by atoms with Crippen molar-refractivity contribution in [2.45, 2.75) is 26.2 Å². The summed E-state index contributed by atoms with van der Waals surface area (Å²) in [6, 6.07) is 6.16. The molecule has 0 saturated heterocycles. The second-order valence-corrected chi connectivity index (χ2v) is 4.56. The predicted octanol–water partition coefficient (Wildman–Crippen LogP) is 3.74. The van der Waals surface area contributed by atoms with Crippen molar-refractivity contribution < 1.29 is 9.18 Å². The minimum Gasteiger partial charge on any atom is -0.313 e. The van der Waals surface area contributed by atoms with Gasteiger partial charge in [0.1, 0.15) is 5.82 Å². The Morgan fingerprint density at radius 3 is 2.76 bits per heavy atom. The largest absolute Gasteiger partial charge is 0.313 e. The number of hydrogen-bond acceptors (Lipinski definition) is 1. The second-order valence-electron chi connectivity index (χ2n) is 3.76. The van der Waals surface area contributed by atoms with E-state index in [0.29, 0.717) is 18.7 Å². The van der Waals surface area contributed by atoms with E-state index in [4.69, 9.17) is 0 Å². The average molecular weight is 302 g/mol. The molecule has 1 rings (SSSR count). The van der Waals surface area contributed by atoms with Gasteiger partial charge in [-0.25, -0.2) is 4.39 Å². The van der Waals surface area contributed by atoms with Crippen LogP contribution in [0.15, 0.2) is 24.3 Å². The fourth-order valence-electron chi connectivity index (χ4n) is 1.65. The van der Waals surface area contributed by atoms with Gasteiger partial charge in [-0.3, -0.25) is 4.79 Å². The van der Waals surface area contributed by atoms with Crippen LogP contribution in [0.25, 0.3) is 0 Å². The molecule has 17 heavy (non-hydrogen) atoms. The van der Waals surface area contributed by atoms with E-state index in [2.05, 4.69) is 15.9 Å². The van der Waals surface area contributed by atoms with E-state index >= 15 is 0 Å². The van der Waals surface area contributed by atoms with Crippen LogP contribution in [0.1, 0.15) is 26.2 Å². The molecular formula is C13H17BrFNO. The summed E-state index contributed by atoms with van der Waals surface area (Å²) in [4.78, 5) is 13.6. The molecule has 0 aromatic heterocycles. The topological polar surface area (TPSA) is 20.3 Å². The number of amides is 1. The predicted molar refractivity (Wildman–Crippen MR) is 72.1 cm³/mol. The van der Waals surface area contributed by atoms with Crippen molar-refractivity contribution in [2.24, 2.45) is 0 Å². The quantitative estimate of drug-likeness (QED) is 0.579. The fraction of sp³-hybridized carbons (Fsp3) is 0.462. The highest BCUT2D eigenvalue weighted by molar-refractivity contribution is 9.09. The molecule has 94 valence electrons. The molecule has 0 aliphatic carbocycles. The number of carbonyl (C=O) groups excluding carboxylic acids is 1. The molecule has 0 fully saturated rings. The summed E-state index contributed by atoms with van der Waals surface area (Å²) < 4.78 is 13.1. The lowest BCUT2D eigenvalue weighted by molar-refractivity contribution is -0.118. The summed E-state index contributed by atoms with van der Waals surface area (Å²) in [5.41, 5.74) is 0.636. The van der Waals surface area contributed by atoms with Crippen LogP contribution in [0.4, 0.5) is 10.1 Å². The van der Waals surface area contributed by atoms with Crippen LogP contribution in [-0.4, -0.2) is 17.8 Å². The Morgan fingerprint density at radius 2 is 2.18 bits per heavy atom. The molecule has 4 heteroatoms. The van der Waals surface area contributed by atoms with Gasteiger partial charge in [-0.05, 0) is 38.0 Å². The zero-order chi connectivity index (χ0) is 12.7. The monoisotopic (exact) mass is 301 g/mol. The molecule has 0 bridgehead atoms. The van der Waals surface area contributed by atoms with Gasteiger partial charge in [0.05, 0.1) is 0 Å². The van der Waals surface area contributed by atoms with E-state index in [0.717, 1.165) is 18.2 Å². The van der Waals surface area contributed by atoms with Gasteiger partial charge < -0.3 is 4.90 Å².